The number of benzene rings is 2. The highest BCUT2D eigenvalue weighted by molar-refractivity contribution is 7.90. The third-order valence-corrected chi connectivity index (χ3v) is 6.75. The van der Waals surface area contributed by atoms with E-state index in [-0.39, 0.29) is 16.5 Å². The normalized spacial score (nSPS) is 15.5. The van der Waals surface area contributed by atoms with Crippen LogP contribution >= 0.6 is 11.6 Å². The van der Waals surface area contributed by atoms with Crippen LogP contribution in [0.1, 0.15) is 22.3 Å². The van der Waals surface area contributed by atoms with Crippen LogP contribution in [0, 0.1) is 5.82 Å². The molecule has 8 nitrogen and oxygen atoms in total. The van der Waals surface area contributed by atoms with Gasteiger partial charge in [-0.25, -0.2) is 12.8 Å². The van der Waals surface area contributed by atoms with Gasteiger partial charge in [0.05, 0.1) is 22.9 Å². The minimum absolute atomic E-state index is 0.00741. The number of ether oxygens (including phenoxy) is 1. The molecule has 0 bridgehead atoms. The predicted octanol–water partition coefficient (Wildman–Crippen LogP) is 2.59. The largest absolute Gasteiger partial charge is 0.385 e. The summed E-state index contributed by atoms with van der Waals surface area (Å²) in [6.07, 6.45) is 0.671. The van der Waals surface area contributed by atoms with Crippen LogP contribution in [-0.4, -0.2) is 52.3 Å². The summed E-state index contributed by atoms with van der Waals surface area (Å²) in [6, 6.07) is 7.16. The Bertz CT molecular complexity index is 1130. The molecule has 3 rings (SSSR count). The molecule has 3 N–H and O–H groups in total. The average molecular weight is 484 g/mol. The zero-order valence-electron chi connectivity index (χ0n) is 17.3. The Labute approximate surface area is 190 Å². The van der Waals surface area contributed by atoms with E-state index in [1.54, 1.807) is 19.2 Å². The summed E-state index contributed by atoms with van der Waals surface area (Å²) in [5, 5.41) is 8.32. The molecule has 0 spiro atoms. The van der Waals surface area contributed by atoms with E-state index in [0.29, 0.717) is 36.5 Å². The molecule has 11 heteroatoms. The smallest absolute Gasteiger partial charge is 0.251 e. The molecule has 2 aromatic carbocycles. The van der Waals surface area contributed by atoms with E-state index in [4.69, 9.17) is 16.3 Å². The van der Waals surface area contributed by atoms with Crippen molar-refractivity contribution in [1.82, 2.24) is 5.32 Å². The van der Waals surface area contributed by atoms with Gasteiger partial charge in [-0.05, 0) is 42.3 Å². The quantitative estimate of drug-likeness (QED) is 0.472. The molecule has 0 radical (unpaired) electrons. The first-order chi connectivity index (χ1) is 15.2. The zero-order valence-corrected chi connectivity index (χ0v) is 18.9. The number of carbonyl (C=O) groups is 2. The second-order valence-electron chi connectivity index (χ2n) is 7.34. The van der Waals surface area contributed by atoms with E-state index in [1.165, 1.54) is 12.1 Å². The summed E-state index contributed by atoms with van der Waals surface area (Å²) >= 11 is 5.92. The van der Waals surface area contributed by atoms with Crippen molar-refractivity contribution in [2.45, 2.75) is 18.2 Å². The Hall–Kier alpha value is -2.69. The van der Waals surface area contributed by atoms with Gasteiger partial charge in [0.25, 0.3) is 5.91 Å². The number of anilines is 2. The van der Waals surface area contributed by atoms with Crippen molar-refractivity contribution in [3.8, 4) is 0 Å². The van der Waals surface area contributed by atoms with Gasteiger partial charge in [-0.15, -0.1) is 0 Å². The van der Waals surface area contributed by atoms with Crippen molar-refractivity contribution in [1.29, 1.82) is 0 Å². The highest BCUT2D eigenvalue weighted by Gasteiger charge is 2.31. The monoisotopic (exact) mass is 483 g/mol. The lowest BCUT2D eigenvalue weighted by Crippen LogP contribution is -2.43. The molecule has 0 aliphatic carbocycles. The van der Waals surface area contributed by atoms with Crippen molar-refractivity contribution in [2.24, 2.45) is 0 Å². The Morgan fingerprint density at radius 3 is 2.72 bits per heavy atom. The SMILES string of the molecule is COCCCNC(=O)c1ccc2c(c1)NC(=O)[C@H](CS(=O)(=O)Cc1ccc(F)cc1Cl)N2. The van der Waals surface area contributed by atoms with Crippen LogP contribution in [0.25, 0.3) is 0 Å². The summed E-state index contributed by atoms with van der Waals surface area (Å²) in [7, 11) is -2.17. The van der Waals surface area contributed by atoms with Gasteiger partial charge in [-0.3, -0.25) is 9.59 Å². The number of rotatable bonds is 9. The van der Waals surface area contributed by atoms with Crippen LogP contribution < -0.4 is 16.0 Å². The van der Waals surface area contributed by atoms with Crippen molar-refractivity contribution in [3.63, 3.8) is 0 Å². The maximum absolute atomic E-state index is 13.2. The first kappa shape index (κ1) is 24.0. The molecular weight excluding hydrogens is 461 g/mol. The van der Waals surface area contributed by atoms with E-state index in [2.05, 4.69) is 16.0 Å². The molecule has 172 valence electrons. The lowest BCUT2D eigenvalue weighted by atomic mass is 10.1. The average Bonchev–Trinajstić information content (AvgIpc) is 2.73. The highest BCUT2D eigenvalue weighted by Crippen LogP contribution is 2.29. The molecule has 2 aromatic rings. The topological polar surface area (TPSA) is 114 Å². The van der Waals surface area contributed by atoms with Crippen LogP contribution in [0.15, 0.2) is 36.4 Å². The summed E-state index contributed by atoms with van der Waals surface area (Å²) < 4.78 is 43.4. The number of fused-ring (bicyclic) bond motifs is 1. The number of carbonyl (C=O) groups excluding carboxylic acids is 2. The van der Waals surface area contributed by atoms with Crippen molar-refractivity contribution >= 4 is 44.6 Å². The van der Waals surface area contributed by atoms with Crippen LogP contribution in [0.2, 0.25) is 5.02 Å². The van der Waals surface area contributed by atoms with Gasteiger partial charge in [0.1, 0.15) is 11.9 Å². The molecular formula is C21H23ClFN3O5S. The molecule has 1 aliphatic heterocycles. The van der Waals surface area contributed by atoms with E-state index in [1.807, 2.05) is 0 Å². The number of hydrogen-bond donors (Lipinski definition) is 3. The summed E-state index contributed by atoms with van der Waals surface area (Å²) in [5.41, 5.74) is 1.50. The number of methoxy groups -OCH3 is 1. The standard InChI is InChI=1S/C21H23ClFN3O5S/c1-31-8-2-7-24-20(27)13-4-6-17-18(9-13)26-21(28)19(25-17)12-32(29,30)11-14-3-5-15(23)10-16(14)22/h3-6,9-10,19,25H,2,7-8,11-12H2,1H3,(H,24,27)(H,26,28)/t19-/m0/s1. The minimum Gasteiger partial charge on any atom is -0.385 e. The van der Waals surface area contributed by atoms with Crippen LogP contribution in [-0.2, 0) is 25.1 Å². The molecule has 0 aromatic heterocycles. The van der Waals surface area contributed by atoms with Gasteiger partial charge in [0, 0.05) is 30.8 Å². The molecule has 0 saturated heterocycles. The molecule has 1 heterocycles. The second kappa shape index (κ2) is 10.3. The Morgan fingerprint density at radius 2 is 2.00 bits per heavy atom. The third-order valence-electron chi connectivity index (χ3n) is 4.81. The van der Waals surface area contributed by atoms with E-state index in [9.17, 15) is 22.4 Å². The maximum atomic E-state index is 13.2. The Balaban J connectivity index is 1.66. The predicted molar refractivity (Wildman–Crippen MR) is 120 cm³/mol. The van der Waals surface area contributed by atoms with E-state index < -0.39 is 39.1 Å². The van der Waals surface area contributed by atoms with Crippen LogP contribution in [0.4, 0.5) is 15.8 Å². The summed E-state index contributed by atoms with van der Waals surface area (Å²) in [6.45, 7) is 0.981. The third kappa shape index (κ3) is 6.18. The fraction of sp³-hybridized carbons (Fsp3) is 0.333. The lowest BCUT2D eigenvalue weighted by molar-refractivity contribution is -0.116. The summed E-state index contributed by atoms with van der Waals surface area (Å²) in [4.78, 5) is 24.7. The fourth-order valence-electron chi connectivity index (χ4n) is 3.21. The minimum atomic E-state index is -3.75. The van der Waals surface area contributed by atoms with Gasteiger partial charge >= 0.3 is 0 Å². The number of hydrogen-bond acceptors (Lipinski definition) is 6. The number of amides is 2. The molecule has 0 unspecified atom stereocenters. The first-order valence-electron chi connectivity index (χ1n) is 9.81. The first-order valence-corrected chi connectivity index (χ1v) is 12.0. The van der Waals surface area contributed by atoms with Crippen molar-refractivity contribution in [2.75, 3.05) is 36.6 Å². The van der Waals surface area contributed by atoms with Gasteiger partial charge in [-0.1, -0.05) is 17.7 Å². The number of halogens is 2. The molecule has 1 aliphatic rings. The summed E-state index contributed by atoms with van der Waals surface area (Å²) in [5.74, 6) is -2.30. The second-order valence-corrected chi connectivity index (χ2v) is 9.86. The Kier molecular flexibility index (Phi) is 7.70. The van der Waals surface area contributed by atoms with Crippen LogP contribution in [0.3, 0.4) is 0 Å². The number of nitrogens with one attached hydrogen (secondary N) is 3. The van der Waals surface area contributed by atoms with Gasteiger partial charge < -0.3 is 20.7 Å². The highest BCUT2D eigenvalue weighted by atomic mass is 35.5. The maximum Gasteiger partial charge on any atom is 0.251 e. The van der Waals surface area contributed by atoms with Crippen LogP contribution in [0.5, 0.6) is 0 Å². The lowest BCUT2D eigenvalue weighted by Gasteiger charge is -2.27. The van der Waals surface area contributed by atoms with Gasteiger partial charge in [0.2, 0.25) is 5.91 Å². The zero-order chi connectivity index (χ0) is 23.3. The molecule has 0 saturated carbocycles. The Morgan fingerprint density at radius 1 is 1.22 bits per heavy atom. The number of sulfone groups is 1. The van der Waals surface area contributed by atoms with E-state index >= 15 is 0 Å². The molecule has 1 atom stereocenters. The fourth-order valence-corrected chi connectivity index (χ4v) is 5.11. The van der Waals surface area contributed by atoms with Crippen molar-refractivity contribution in [3.05, 3.63) is 58.4 Å². The van der Waals surface area contributed by atoms with E-state index in [0.717, 1.165) is 12.1 Å². The van der Waals surface area contributed by atoms with Crippen molar-refractivity contribution < 1.29 is 27.1 Å². The molecule has 2 amide bonds. The molecule has 32 heavy (non-hydrogen) atoms. The molecule has 0 fully saturated rings. The van der Waals surface area contributed by atoms with Gasteiger partial charge in [-0.2, -0.15) is 0 Å². The van der Waals surface area contributed by atoms with Gasteiger partial charge in [0.15, 0.2) is 9.84 Å².